The molecule has 0 bridgehead atoms. The van der Waals surface area contributed by atoms with Crippen LogP contribution in [0.5, 0.6) is 0 Å². The number of carbonyl (C=O) groups excluding carboxylic acids is 3. The van der Waals surface area contributed by atoms with E-state index in [4.69, 9.17) is 14.2 Å². The molecule has 0 aromatic heterocycles. The van der Waals surface area contributed by atoms with Crippen LogP contribution in [0.2, 0.25) is 0 Å². The van der Waals surface area contributed by atoms with Crippen molar-refractivity contribution >= 4 is 17.9 Å². The van der Waals surface area contributed by atoms with E-state index >= 15 is 0 Å². The molecular weight excluding hydrogens is 961 g/mol. The number of carbonyl (C=O) groups is 3. The smallest absolute Gasteiger partial charge is 0.306 e. The third-order valence-electron chi connectivity index (χ3n) is 12.8. The number of hydrogen-bond donors (Lipinski definition) is 0. The lowest BCUT2D eigenvalue weighted by molar-refractivity contribution is -0.167. The van der Waals surface area contributed by atoms with Gasteiger partial charge in [0, 0.05) is 19.3 Å². The molecule has 0 aromatic rings. The summed E-state index contributed by atoms with van der Waals surface area (Å²) in [6.07, 6.45) is 93.9. The first kappa shape index (κ1) is 73.0. The molecule has 0 spiro atoms. The van der Waals surface area contributed by atoms with Gasteiger partial charge in [0.2, 0.25) is 0 Å². The summed E-state index contributed by atoms with van der Waals surface area (Å²) < 4.78 is 16.8. The van der Waals surface area contributed by atoms with E-state index in [0.717, 1.165) is 135 Å². The molecular formula is C72H114O6. The number of ether oxygens (including phenoxy) is 3. The Balaban J connectivity index is 4.52. The molecule has 0 aliphatic heterocycles. The van der Waals surface area contributed by atoms with Crippen molar-refractivity contribution in [3.05, 3.63) is 158 Å². The third-order valence-corrected chi connectivity index (χ3v) is 12.8. The summed E-state index contributed by atoms with van der Waals surface area (Å²) in [7, 11) is 0. The monoisotopic (exact) mass is 1070 g/mol. The van der Waals surface area contributed by atoms with Gasteiger partial charge in [-0.15, -0.1) is 0 Å². The molecule has 0 saturated carbocycles. The van der Waals surface area contributed by atoms with Gasteiger partial charge in [-0.05, 0) is 128 Å². The second kappa shape index (κ2) is 64.6. The fourth-order valence-electron chi connectivity index (χ4n) is 8.13. The number of unbranched alkanes of at least 4 members (excludes halogenated alkanes) is 18. The van der Waals surface area contributed by atoms with Gasteiger partial charge in [0.1, 0.15) is 13.2 Å². The van der Waals surface area contributed by atoms with Gasteiger partial charge < -0.3 is 14.2 Å². The van der Waals surface area contributed by atoms with Crippen LogP contribution >= 0.6 is 0 Å². The van der Waals surface area contributed by atoms with Crippen LogP contribution in [0.1, 0.15) is 258 Å². The van der Waals surface area contributed by atoms with Gasteiger partial charge in [-0.1, -0.05) is 269 Å². The third kappa shape index (κ3) is 61.9. The second-order valence-corrected chi connectivity index (χ2v) is 20.2. The highest BCUT2D eigenvalue weighted by Gasteiger charge is 2.19. The summed E-state index contributed by atoms with van der Waals surface area (Å²) >= 11 is 0. The maximum Gasteiger partial charge on any atom is 0.306 e. The number of esters is 3. The molecule has 438 valence electrons. The van der Waals surface area contributed by atoms with Crippen LogP contribution in [0.3, 0.4) is 0 Å². The lowest BCUT2D eigenvalue weighted by Crippen LogP contribution is -2.30. The molecule has 0 saturated heterocycles. The first-order chi connectivity index (χ1) is 38.5. The lowest BCUT2D eigenvalue weighted by atomic mass is 10.0. The van der Waals surface area contributed by atoms with Crippen LogP contribution in [-0.4, -0.2) is 37.2 Å². The predicted octanol–water partition coefficient (Wildman–Crippen LogP) is 21.7. The Hall–Kier alpha value is -4.97. The largest absolute Gasteiger partial charge is 0.462 e. The Morgan fingerprint density at radius 2 is 0.500 bits per heavy atom. The minimum atomic E-state index is -0.821. The highest BCUT2D eigenvalue weighted by molar-refractivity contribution is 5.71. The van der Waals surface area contributed by atoms with Crippen LogP contribution in [0.25, 0.3) is 0 Å². The van der Waals surface area contributed by atoms with E-state index in [1.165, 1.54) is 70.6 Å². The Kier molecular flexibility index (Phi) is 60.4. The fourth-order valence-corrected chi connectivity index (χ4v) is 8.13. The summed E-state index contributed by atoms with van der Waals surface area (Å²) in [5, 5.41) is 0. The van der Waals surface area contributed by atoms with E-state index in [2.05, 4.69) is 179 Å². The summed E-state index contributed by atoms with van der Waals surface area (Å²) in [4.78, 5) is 38.3. The predicted molar refractivity (Wildman–Crippen MR) is 338 cm³/mol. The topological polar surface area (TPSA) is 78.9 Å². The number of hydrogen-bond acceptors (Lipinski definition) is 6. The van der Waals surface area contributed by atoms with Gasteiger partial charge in [-0.25, -0.2) is 0 Å². The first-order valence-electron chi connectivity index (χ1n) is 31.5. The van der Waals surface area contributed by atoms with Crippen LogP contribution in [-0.2, 0) is 28.6 Å². The normalized spacial score (nSPS) is 13.2. The summed E-state index contributed by atoms with van der Waals surface area (Å²) in [6, 6.07) is 0. The Labute approximate surface area is 480 Å². The van der Waals surface area contributed by atoms with E-state index in [0.29, 0.717) is 19.3 Å². The van der Waals surface area contributed by atoms with Crippen molar-refractivity contribution < 1.29 is 28.6 Å². The van der Waals surface area contributed by atoms with E-state index in [-0.39, 0.29) is 44.0 Å². The van der Waals surface area contributed by atoms with Crippen LogP contribution in [0.15, 0.2) is 158 Å². The SMILES string of the molecule is CC/C=C\C/C=C\C/C=C\C/C=C\C/C=C\C/C=C\C/C=C\C/C=C\CCCCC(=O)OCC(COC(=O)CCCCCCCCCCCCCCCC)OC(=O)CCCCC/C=C\C/C=C\C/C=C\C/C=C\C/C=C\CC. The zero-order valence-corrected chi connectivity index (χ0v) is 50.1. The number of rotatable bonds is 55. The van der Waals surface area contributed by atoms with Crippen molar-refractivity contribution in [1.82, 2.24) is 0 Å². The molecule has 0 amide bonds. The molecule has 78 heavy (non-hydrogen) atoms. The molecule has 0 aliphatic rings. The van der Waals surface area contributed by atoms with Gasteiger partial charge in [-0.3, -0.25) is 14.4 Å². The van der Waals surface area contributed by atoms with Crippen LogP contribution in [0.4, 0.5) is 0 Å². The number of allylic oxidation sites excluding steroid dienone is 26. The van der Waals surface area contributed by atoms with Gasteiger partial charge in [0.25, 0.3) is 0 Å². The minimum absolute atomic E-state index is 0.110. The molecule has 0 heterocycles. The molecule has 0 rings (SSSR count). The standard InChI is InChI=1S/C72H114O6/c1-4-7-10-13-16-19-22-25-28-30-32-33-34-35-36-37-38-39-41-42-44-47-50-53-56-59-62-65-71(74)77-68-69(67-76-70(73)64-61-58-55-52-49-46-27-24-21-18-15-12-9-6-3)78-72(75)66-63-60-57-54-51-48-45-43-40-31-29-26-23-20-17-14-11-8-5-2/h7-8,10-11,16-17,19-20,25-26,28-29,32-33,35-36,38-40,42-44,48,50-51,53,69H,4-6,9,12-15,18,21-24,27,30-31,34,37,41,45-47,49,52,54-68H2,1-3H3/b10-7-,11-8-,19-16-,20-17-,28-25-,29-26-,33-32-,36-35-,39-38-,43-40-,44-42-,51-48-,53-50-. The first-order valence-corrected chi connectivity index (χ1v) is 31.5. The molecule has 0 radical (unpaired) electrons. The van der Waals surface area contributed by atoms with Crippen molar-refractivity contribution in [3.8, 4) is 0 Å². The molecule has 6 nitrogen and oxygen atoms in total. The molecule has 1 atom stereocenters. The molecule has 0 N–H and O–H groups in total. The Bertz CT molecular complexity index is 1760. The van der Waals surface area contributed by atoms with E-state index in [1.807, 2.05) is 0 Å². The maximum atomic E-state index is 12.9. The molecule has 0 aliphatic carbocycles. The average molecular weight is 1080 g/mol. The molecule has 6 heteroatoms. The van der Waals surface area contributed by atoms with E-state index in [1.54, 1.807) is 0 Å². The van der Waals surface area contributed by atoms with Crippen molar-refractivity contribution in [2.45, 2.75) is 264 Å². The van der Waals surface area contributed by atoms with Gasteiger partial charge >= 0.3 is 17.9 Å². The van der Waals surface area contributed by atoms with E-state index < -0.39 is 6.10 Å². The fraction of sp³-hybridized carbons (Fsp3) is 0.597. The zero-order valence-electron chi connectivity index (χ0n) is 50.1. The zero-order chi connectivity index (χ0) is 56.4. The Morgan fingerprint density at radius 3 is 0.808 bits per heavy atom. The quantitative estimate of drug-likeness (QED) is 0.0261. The maximum absolute atomic E-state index is 12.9. The molecule has 0 aromatic carbocycles. The minimum Gasteiger partial charge on any atom is -0.462 e. The highest BCUT2D eigenvalue weighted by atomic mass is 16.6. The molecule has 0 fully saturated rings. The lowest BCUT2D eigenvalue weighted by Gasteiger charge is -2.18. The van der Waals surface area contributed by atoms with Crippen molar-refractivity contribution in [3.63, 3.8) is 0 Å². The highest BCUT2D eigenvalue weighted by Crippen LogP contribution is 2.15. The van der Waals surface area contributed by atoms with Crippen LogP contribution < -0.4 is 0 Å². The van der Waals surface area contributed by atoms with Crippen molar-refractivity contribution in [1.29, 1.82) is 0 Å². The van der Waals surface area contributed by atoms with Gasteiger partial charge in [-0.2, -0.15) is 0 Å². The van der Waals surface area contributed by atoms with Crippen molar-refractivity contribution in [2.24, 2.45) is 0 Å². The molecule has 1 unspecified atom stereocenters. The van der Waals surface area contributed by atoms with Crippen LogP contribution in [0, 0.1) is 0 Å². The van der Waals surface area contributed by atoms with Crippen molar-refractivity contribution in [2.75, 3.05) is 13.2 Å². The van der Waals surface area contributed by atoms with Gasteiger partial charge in [0.05, 0.1) is 0 Å². The summed E-state index contributed by atoms with van der Waals surface area (Å²) in [6.45, 7) is 6.35. The van der Waals surface area contributed by atoms with Gasteiger partial charge in [0.15, 0.2) is 6.10 Å². The summed E-state index contributed by atoms with van der Waals surface area (Å²) in [5.41, 5.74) is 0. The van der Waals surface area contributed by atoms with E-state index in [9.17, 15) is 14.4 Å². The summed E-state index contributed by atoms with van der Waals surface area (Å²) in [5.74, 6) is -0.991. The second-order valence-electron chi connectivity index (χ2n) is 20.2. The average Bonchev–Trinajstić information content (AvgIpc) is 3.44. The Morgan fingerprint density at radius 1 is 0.269 bits per heavy atom.